The Balaban J connectivity index is 3.45. The molecular weight excluding hydrogens is 903 g/mol. The number of unbranched alkanes of at least 4 members (excludes halogenated alkanes) is 44. The summed E-state index contributed by atoms with van der Waals surface area (Å²) in [5, 5.41) is 23.2. The van der Waals surface area contributed by atoms with Crippen LogP contribution in [0.25, 0.3) is 0 Å². The monoisotopic (exact) mass is 1030 g/mol. The standard InChI is InChI=1S/C70H129NO3/c1-3-5-7-9-11-13-15-17-19-21-23-25-27-29-30-31-32-33-34-35-36-37-38-39-40-42-44-46-48-50-52-54-56-58-60-62-64-66-70(74)71-68(67-72)69(73)65-63-61-59-57-55-53-51-49-47-45-43-41-28-26-24-22-20-18-16-14-12-10-8-6-4-2/h5,7,11,13,17,19,23,25,55,57,63,65,68-69,72-73H,3-4,6,8-10,12,14-16,18,20-22,24,26-54,56,58-62,64,66-67H2,1-2H3,(H,71,74)/b7-5-,13-11-,19-17-,25-23-,57-55+,65-63+. The van der Waals surface area contributed by atoms with Gasteiger partial charge in [0.05, 0.1) is 18.8 Å². The lowest BCUT2D eigenvalue weighted by Crippen LogP contribution is -2.45. The summed E-state index contributed by atoms with van der Waals surface area (Å²) in [7, 11) is 0. The van der Waals surface area contributed by atoms with Crippen LogP contribution in [-0.4, -0.2) is 34.9 Å². The maximum atomic E-state index is 12.5. The van der Waals surface area contributed by atoms with Crippen LogP contribution in [0.2, 0.25) is 0 Å². The fourth-order valence-corrected chi connectivity index (χ4v) is 10.2. The van der Waals surface area contributed by atoms with Crippen LogP contribution < -0.4 is 5.32 Å². The van der Waals surface area contributed by atoms with Crippen molar-refractivity contribution in [2.24, 2.45) is 0 Å². The number of carbonyl (C=O) groups excluding carboxylic acids is 1. The number of carbonyl (C=O) groups is 1. The first kappa shape index (κ1) is 71.8. The van der Waals surface area contributed by atoms with E-state index in [-0.39, 0.29) is 12.5 Å². The van der Waals surface area contributed by atoms with Crippen molar-refractivity contribution < 1.29 is 15.0 Å². The summed E-state index contributed by atoms with van der Waals surface area (Å²) in [6.07, 6.45) is 94.1. The largest absolute Gasteiger partial charge is 0.394 e. The average Bonchev–Trinajstić information content (AvgIpc) is 3.40. The summed E-state index contributed by atoms with van der Waals surface area (Å²) in [4.78, 5) is 12.5. The normalized spacial score (nSPS) is 13.2. The molecule has 3 N–H and O–H groups in total. The van der Waals surface area contributed by atoms with Crippen LogP contribution in [0, 0.1) is 0 Å². The number of hydrogen-bond acceptors (Lipinski definition) is 3. The second kappa shape index (κ2) is 65.1. The van der Waals surface area contributed by atoms with Gasteiger partial charge in [0.25, 0.3) is 0 Å². The van der Waals surface area contributed by atoms with Crippen molar-refractivity contribution in [3.05, 3.63) is 72.9 Å². The van der Waals surface area contributed by atoms with E-state index >= 15 is 0 Å². The highest BCUT2D eigenvalue weighted by molar-refractivity contribution is 5.76. The van der Waals surface area contributed by atoms with Gasteiger partial charge >= 0.3 is 0 Å². The van der Waals surface area contributed by atoms with Crippen LogP contribution in [0.5, 0.6) is 0 Å². The van der Waals surface area contributed by atoms with Crippen LogP contribution in [0.4, 0.5) is 0 Å². The molecule has 0 aliphatic heterocycles. The van der Waals surface area contributed by atoms with Gasteiger partial charge in [-0.25, -0.2) is 0 Å². The van der Waals surface area contributed by atoms with Crippen molar-refractivity contribution in [2.75, 3.05) is 6.61 Å². The zero-order chi connectivity index (χ0) is 53.4. The smallest absolute Gasteiger partial charge is 0.220 e. The minimum absolute atomic E-state index is 0.0681. The van der Waals surface area contributed by atoms with Crippen molar-refractivity contribution in [1.29, 1.82) is 0 Å². The van der Waals surface area contributed by atoms with E-state index in [1.54, 1.807) is 6.08 Å². The predicted octanol–water partition coefficient (Wildman–Crippen LogP) is 22.5. The Morgan fingerprint density at radius 2 is 0.608 bits per heavy atom. The number of nitrogens with one attached hydrogen (secondary N) is 1. The Hall–Kier alpha value is -2.17. The first-order valence-electron chi connectivity index (χ1n) is 33.2. The SMILES string of the molecule is CC/C=C\C/C=C\C/C=C\C/C=C\CCCCCCCCCCCCCCCCCCCCCCCCCCC(=O)NC(CO)C(O)/C=C/CC/C=C/CCCCCCCCCCCCCCCCCCCCC. The van der Waals surface area contributed by atoms with Crippen LogP contribution in [0.15, 0.2) is 72.9 Å². The summed E-state index contributed by atoms with van der Waals surface area (Å²) in [5.74, 6) is -0.0681. The molecule has 432 valence electrons. The van der Waals surface area contributed by atoms with Gasteiger partial charge in [-0.2, -0.15) is 0 Å². The molecule has 1 amide bonds. The highest BCUT2D eigenvalue weighted by Gasteiger charge is 2.18. The van der Waals surface area contributed by atoms with Crippen LogP contribution >= 0.6 is 0 Å². The summed E-state index contributed by atoms with van der Waals surface area (Å²) < 4.78 is 0. The van der Waals surface area contributed by atoms with Gasteiger partial charge in [-0.05, 0) is 70.6 Å². The quantitative estimate of drug-likeness (QED) is 0.0420. The Kier molecular flexibility index (Phi) is 63.2. The van der Waals surface area contributed by atoms with Crippen molar-refractivity contribution in [2.45, 2.75) is 360 Å². The van der Waals surface area contributed by atoms with E-state index in [1.165, 1.54) is 270 Å². The highest BCUT2D eigenvalue weighted by atomic mass is 16.3. The molecule has 0 heterocycles. The number of aliphatic hydroxyl groups excluding tert-OH is 2. The van der Waals surface area contributed by atoms with E-state index in [9.17, 15) is 15.0 Å². The zero-order valence-electron chi connectivity index (χ0n) is 49.9. The van der Waals surface area contributed by atoms with Crippen LogP contribution in [0.1, 0.15) is 348 Å². The van der Waals surface area contributed by atoms with Crippen LogP contribution in [0.3, 0.4) is 0 Å². The molecule has 0 aliphatic carbocycles. The Morgan fingerprint density at radius 1 is 0.338 bits per heavy atom. The Labute approximate surface area is 463 Å². The second-order valence-electron chi connectivity index (χ2n) is 22.5. The number of rotatable bonds is 61. The minimum Gasteiger partial charge on any atom is -0.394 e. The molecule has 0 aliphatic rings. The number of aliphatic hydroxyl groups is 2. The molecule has 0 radical (unpaired) electrons. The first-order valence-corrected chi connectivity index (χ1v) is 33.2. The molecule has 4 nitrogen and oxygen atoms in total. The topological polar surface area (TPSA) is 69.6 Å². The summed E-state index contributed by atoms with van der Waals surface area (Å²) in [5.41, 5.74) is 0. The van der Waals surface area contributed by atoms with Gasteiger partial charge in [0.15, 0.2) is 0 Å². The van der Waals surface area contributed by atoms with Crippen LogP contribution in [-0.2, 0) is 4.79 Å². The van der Waals surface area contributed by atoms with Gasteiger partial charge in [0.2, 0.25) is 5.91 Å². The molecule has 0 saturated heterocycles. The predicted molar refractivity (Wildman–Crippen MR) is 331 cm³/mol. The highest BCUT2D eigenvalue weighted by Crippen LogP contribution is 2.18. The maximum absolute atomic E-state index is 12.5. The summed E-state index contributed by atoms with van der Waals surface area (Å²) in [6.45, 7) is 4.22. The van der Waals surface area contributed by atoms with Crippen molar-refractivity contribution in [3.63, 3.8) is 0 Å². The van der Waals surface area contributed by atoms with E-state index in [0.717, 1.165) is 57.8 Å². The molecule has 0 aromatic rings. The molecule has 2 unspecified atom stereocenters. The molecule has 2 atom stereocenters. The van der Waals surface area contributed by atoms with Gasteiger partial charge < -0.3 is 15.5 Å². The fraction of sp³-hybridized carbons (Fsp3) is 0.814. The lowest BCUT2D eigenvalue weighted by atomic mass is 10.0. The molecule has 0 aromatic heterocycles. The van der Waals surface area contributed by atoms with E-state index in [4.69, 9.17) is 0 Å². The molecule has 74 heavy (non-hydrogen) atoms. The molecule has 0 saturated carbocycles. The fourth-order valence-electron chi connectivity index (χ4n) is 10.2. The third kappa shape index (κ3) is 60.7. The van der Waals surface area contributed by atoms with Gasteiger partial charge in [0.1, 0.15) is 0 Å². The molecule has 4 heteroatoms. The molecule has 0 fully saturated rings. The second-order valence-corrected chi connectivity index (χ2v) is 22.5. The number of allylic oxidation sites excluding steroid dienone is 11. The van der Waals surface area contributed by atoms with Gasteiger partial charge in [-0.3, -0.25) is 4.79 Å². The lowest BCUT2D eigenvalue weighted by Gasteiger charge is -2.19. The molecular formula is C70H129NO3. The zero-order valence-corrected chi connectivity index (χ0v) is 49.9. The summed E-state index contributed by atoms with van der Waals surface area (Å²) in [6, 6.07) is -0.641. The van der Waals surface area contributed by atoms with E-state index in [2.05, 4.69) is 79.9 Å². The third-order valence-corrected chi connectivity index (χ3v) is 15.2. The van der Waals surface area contributed by atoms with Crippen molar-refractivity contribution in [1.82, 2.24) is 5.32 Å². The lowest BCUT2D eigenvalue weighted by molar-refractivity contribution is -0.123. The summed E-state index contributed by atoms with van der Waals surface area (Å²) >= 11 is 0. The van der Waals surface area contributed by atoms with Gasteiger partial charge in [0, 0.05) is 6.42 Å². The van der Waals surface area contributed by atoms with E-state index in [0.29, 0.717) is 6.42 Å². The number of amides is 1. The van der Waals surface area contributed by atoms with Gasteiger partial charge in [-0.1, -0.05) is 344 Å². The van der Waals surface area contributed by atoms with Crippen molar-refractivity contribution in [3.8, 4) is 0 Å². The van der Waals surface area contributed by atoms with Gasteiger partial charge in [-0.15, -0.1) is 0 Å². The average molecular weight is 1030 g/mol. The Bertz CT molecular complexity index is 1260. The minimum atomic E-state index is -0.864. The van der Waals surface area contributed by atoms with E-state index in [1.807, 2.05) is 6.08 Å². The van der Waals surface area contributed by atoms with Crippen molar-refractivity contribution >= 4 is 5.91 Å². The molecule has 0 aromatic carbocycles. The molecule has 0 bridgehead atoms. The number of hydrogen-bond donors (Lipinski definition) is 3. The van der Waals surface area contributed by atoms with E-state index < -0.39 is 12.1 Å². The first-order chi connectivity index (χ1) is 36.7. The Morgan fingerprint density at radius 3 is 0.946 bits per heavy atom. The molecule has 0 spiro atoms. The molecule has 0 rings (SSSR count). The third-order valence-electron chi connectivity index (χ3n) is 15.2. The maximum Gasteiger partial charge on any atom is 0.220 e.